The van der Waals surface area contributed by atoms with Gasteiger partial charge in [0.25, 0.3) is 0 Å². The molecule has 0 bridgehead atoms. The van der Waals surface area contributed by atoms with Crippen LogP contribution in [0.1, 0.15) is 42.1 Å². The summed E-state index contributed by atoms with van der Waals surface area (Å²) in [6, 6.07) is 8.80. The number of hydrogen-bond donors (Lipinski definition) is 2. The lowest BCUT2D eigenvalue weighted by Gasteiger charge is -2.25. The van der Waals surface area contributed by atoms with E-state index in [1.807, 2.05) is 13.8 Å². The Balaban J connectivity index is 2.19. The van der Waals surface area contributed by atoms with Crippen LogP contribution in [0.15, 0.2) is 34.9 Å². The molecule has 1 aromatic carbocycles. The van der Waals surface area contributed by atoms with E-state index in [0.29, 0.717) is 28.6 Å². The van der Waals surface area contributed by atoms with Gasteiger partial charge in [-0.25, -0.2) is 4.79 Å². The van der Waals surface area contributed by atoms with Crippen LogP contribution < -0.4 is 10.6 Å². The van der Waals surface area contributed by atoms with Crippen molar-refractivity contribution in [3.05, 3.63) is 46.0 Å². The lowest BCUT2D eigenvalue weighted by molar-refractivity contribution is -0.121. The molecule has 1 aliphatic rings. The molecule has 1 aromatic rings. The van der Waals surface area contributed by atoms with Gasteiger partial charge in [-0.2, -0.15) is 5.26 Å². The highest BCUT2D eigenvalue weighted by molar-refractivity contribution is 8.03. The molecular formula is C20H23N3O4S. The Kier molecular flexibility index (Phi) is 7.64. The normalized spacial score (nSPS) is 16.4. The third-order valence-electron chi connectivity index (χ3n) is 4.15. The molecule has 0 saturated heterocycles. The number of hydrogen-bond acceptors (Lipinski definition) is 6. The molecule has 1 heterocycles. The number of carbonyl (C=O) groups excluding carboxylic acids is 3. The van der Waals surface area contributed by atoms with Crippen molar-refractivity contribution in [2.75, 3.05) is 19.4 Å². The molecule has 0 unspecified atom stereocenters. The Morgan fingerprint density at radius 3 is 2.61 bits per heavy atom. The maximum Gasteiger partial charge on any atom is 0.337 e. The first-order valence-corrected chi connectivity index (χ1v) is 9.86. The summed E-state index contributed by atoms with van der Waals surface area (Å²) in [5.41, 5.74) is 1.55. The van der Waals surface area contributed by atoms with E-state index in [4.69, 9.17) is 0 Å². The number of thioether (sulfide) groups is 1. The van der Waals surface area contributed by atoms with Gasteiger partial charge in [0.05, 0.1) is 35.1 Å². The maximum atomic E-state index is 12.2. The number of carbonyl (C=O) groups is 3. The predicted octanol–water partition coefficient (Wildman–Crippen LogP) is 2.32. The van der Waals surface area contributed by atoms with E-state index >= 15 is 0 Å². The highest BCUT2D eigenvalue weighted by Gasteiger charge is 2.30. The van der Waals surface area contributed by atoms with E-state index in [1.165, 1.54) is 7.11 Å². The minimum absolute atomic E-state index is 0.113. The van der Waals surface area contributed by atoms with Crippen molar-refractivity contribution < 1.29 is 19.1 Å². The van der Waals surface area contributed by atoms with Gasteiger partial charge in [-0.05, 0) is 23.6 Å². The molecule has 28 heavy (non-hydrogen) atoms. The van der Waals surface area contributed by atoms with Crippen LogP contribution in [-0.4, -0.2) is 37.2 Å². The van der Waals surface area contributed by atoms with Gasteiger partial charge in [0, 0.05) is 18.9 Å². The average Bonchev–Trinajstić information content (AvgIpc) is 2.69. The summed E-state index contributed by atoms with van der Waals surface area (Å²) in [7, 11) is 1.30. The van der Waals surface area contributed by atoms with Crippen LogP contribution in [-0.2, 0) is 14.3 Å². The van der Waals surface area contributed by atoms with E-state index in [1.54, 1.807) is 24.3 Å². The van der Waals surface area contributed by atoms with Crippen molar-refractivity contribution in [2.24, 2.45) is 5.92 Å². The Hall–Kier alpha value is -2.79. The number of ether oxygens (including phenoxy) is 1. The average molecular weight is 401 g/mol. The van der Waals surface area contributed by atoms with Crippen molar-refractivity contribution in [2.45, 2.75) is 26.2 Å². The third-order valence-corrected chi connectivity index (χ3v) is 5.16. The summed E-state index contributed by atoms with van der Waals surface area (Å²) in [6.07, 6.45) is 0.129. The minimum atomic E-state index is -0.451. The second kappa shape index (κ2) is 9.95. The number of esters is 1. The van der Waals surface area contributed by atoms with Gasteiger partial charge in [0.2, 0.25) is 11.8 Å². The molecule has 8 heteroatoms. The van der Waals surface area contributed by atoms with E-state index in [0.717, 1.165) is 17.3 Å². The molecule has 7 nitrogen and oxygen atoms in total. The molecule has 1 aliphatic heterocycles. The molecule has 0 fully saturated rings. The highest BCUT2D eigenvalue weighted by atomic mass is 32.2. The van der Waals surface area contributed by atoms with Gasteiger partial charge in [-0.15, -0.1) is 0 Å². The molecule has 0 saturated carbocycles. The monoisotopic (exact) mass is 401 g/mol. The fraction of sp³-hybridized carbons (Fsp3) is 0.400. The zero-order chi connectivity index (χ0) is 20.7. The second-order valence-corrected chi connectivity index (χ2v) is 7.75. The van der Waals surface area contributed by atoms with Crippen LogP contribution in [0.25, 0.3) is 0 Å². The quantitative estimate of drug-likeness (QED) is 0.679. The first-order valence-electron chi connectivity index (χ1n) is 8.87. The molecule has 0 aliphatic carbocycles. The zero-order valence-electron chi connectivity index (χ0n) is 16.1. The fourth-order valence-corrected chi connectivity index (χ4v) is 3.60. The van der Waals surface area contributed by atoms with Crippen LogP contribution in [0.3, 0.4) is 0 Å². The lowest BCUT2D eigenvalue weighted by atomic mass is 9.87. The molecule has 0 aromatic heterocycles. The first kappa shape index (κ1) is 21.5. The number of rotatable bonds is 7. The smallest absolute Gasteiger partial charge is 0.337 e. The molecule has 0 radical (unpaired) electrons. The van der Waals surface area contributed by atoms with Crippen LogP contribution >= 0.6 is 11.8 Å². The Morgan fingerprint density at radius 2 is 2.04 bits per heavy atom. The summed E-state index contributed by atoms with van der Waals surface area (Å²) in [4.78, 5) is 35.7. The number of benzene rings is 1. The molecule has 2 rings (SSSR count). The van der Waals surface area contributed by atoms with Crippen LogP contribution in [0.4, 0.5) is 0 Å². The largest absolute Gasteiger partial charge is 0.465 e. The summed E-state index contributed by atoms with van der Waals surface area (Å²) in [6.45, 7) is 4.58. The van der Waals surface area contributed by atoms with Crippen LogP contribution in [0, 0.1) is 17.2 Å². The van der Waals surface area contributed by atoms with E-state index in [9.17, 15) is 19.6 Å². The van der Waals surface area contributed by atoms with Crippen molar-refractivity contribution in [3.8, 4) is 6.07 Å². The number of allylic oxidation sites excluding steroid dienone is 1. The molecule has 148 valence electrons. The summed E-state index contributed by atoms with van der Waals surface area (Å²) in [5, 5.41) is 15.6. The van der Waals surface area contributed by atoms with Gasteiger partial charge in [0.15, 0.2) is 0 Å². The van der Waals surface area contributed by atoms with E-state index < -0.39 is 11.9 Å². The predicted molar refractivity (Wildman–Crippen MR) is 106 cm³/mol. The lowest BCUT2D eigenvalue weighted by Crippen LogP contribution is -2.33. The minimum Gasteiger partial charge on any atom is -0.465 e. The van der Waals surface area contributed by atoms with Gasteiger partial charge < -0.3 is 15.4 Å². The Labute approximate surface area is 168 Å². The Bertz CT molecular complexity index is 825. The second-order valence-electron chi connectivity index (χ2n) is 6.76. The zero-order valence-corrected chi connectivity index (χ0v) is 16.9. The molecule has 2 amide bonds. The van der Waals surface area contributed by atoms with Crippen molar-refractivity contribution in [3.63, 3.8) is 0 Å². The molecule has 2 N–H and O–H groups in total. The standard InChI is InChI=1S/C20H23N3O4S/c1-12(2)10-22-18(25)11-28-19-16(9-21)15(8-17(24)23-19)13-4-6-14(7-5-13)20(26)27-3/h4-7,12,15H,8,10-11H2,1-3H3,(H,22,25)(H,23,24)/t15-/m0/s1. The maximum absolute atomic E-state index is 12.2. The highest BCUT2D eigenvalue weighted by Crippen LogP contribution is 2.35. The summed E-state index contributed by atoms with van der Waals surface area (Å²) in [5.74, 6) is -0.788. The van der Waals surface area contributed by atoms with E-state index in [2.05, 4.69) is 21.4 Å². The number of nitriles is 1. The number of nitrogens with one attached hydrogen (secondary N) is 2. The summed E-state index contributed by atoms with van der Waals surface area (Å²) >= 11 is 1.14. The Morgan fingerprint density at radius 1 is 1.36 bits per heavy atom. The van der Waals surface area contributed by atoms with Gasteiger partial charge in [-0.1, -0.05) is 37.7 Å². The number of nitrogens with zero attached hydrogens (tertiary/aromatic N) is 1. The SMILES string of the molecule is COC(=O)c1ccc([C@@H]2CC(=O)NC(SCC(=O)NCC(C)C)=C2C#N)cc1. The van der Waals surface area contributed by atoms with Crippen LogP contribution in [0.5, 0.6) is 0 Å². The fourth-order valence-electron chi connectivity index (χ4n) is 2.69. The van der Waals surface area contributed by atoms with Gasteiger partial charge in [0.1, 0.15) is 0 Å². The number of methoxy groups -OCH3 is 1. The molecule has 0 spiro atoms. The third kappa shape index (κ3) is 5.60. The number of amides is 2. The van der Waals surface area contributed by atoms with Crippen molar-refractivity contribution in [1.82, 2.24) is 10.6 Å². The molecular weight excluding hydrogens is 378 g/mol. The van der Waals surface area contributed by atoms with Crippen molar-refractivity contribution in [1.29, 1.82) is 5.26 Å². The topological polar surface area (TPSA) is 108 Å². The van der Waals surface area contributed by atoms with Gasteiger partial charge >= 0.3 is 5.97 Å². The summed E-state index contributed by atoms with van der Waals surface area (Å²) < 4.78 is 4.68. The van der Waals surface area contributed by atoms with Crippen molar-refractivity contribution >= 4 is 29.5 Å². The van der Waals surface area contributed by atoms with E-state index in [-0.39, 0.29) is 24.0 Å². The van der Waals surface area contributed by atoms with Gasteiger partial charge in [-0.3, -0.25) is 9.59 Å². The first-order chi connectivity index (χ1) is 13.3. The molecule has 1 atom stereocenters. The van der Waals surface area contributed by atoms with Crippen LogP contribution in [0.2, 0.25) is 0 Å².